The minimum absolute atomic E-state index is 0.00573. The third kappa shape index (κ3) is 32.1. The fourth-order valence-electron chi connectivity index (χ4n) is 17.0. The summed E-state index contributed by atoms with van der Waals surface area (Å²) in [5.41, 5.74) is 25.1. The van der Waals surface area contributed by atoms with Crippen LogP contribution in [0.5, 0.6) is 5.75 Å². The Morgan fingerprint density at radius 2 is 1.06 bits per heavy atom. The van der Waals surface area contributed by atoms with Gasteiger partial charge in [-0.15, -0.1) is 0 Å². The summed E-state index contributed by atoms with van der Waals surface area (Å²) in [5.74, 6) is -20.3. The van der Waals surface area contributed by atoms with Gasteiger partial charge in [-0.05, 0) is 136 Å². The van der Waals surface area contributed by atoms with Crippen molar-refractivity contribution in [3.05, 3.63) is 136 Å². The highest BCUT2D eigenvalue weighted by molar-refractivity contribution is 7.99. The average Bonchev–Trinajstić information content (AvgIpc) is 1.63. The van der Waals surface area contributed by atoms with Gasteiger partial charge in [-0.3, -0.25) is 91.2 Å². The van der Waals surface area contributed by atoms with Crippen LogP contribution in [0.3, 0.4) is 0 Å². The first-order valence-electron chi connectivity index (χ1n) is 45.8. The molecule has 1 saturated carbocycles. The number of urea groups is 1. The number of phenols is 1. The van der Waals surface area contributed by atoms with Crippen molar-refractivity contribution in [3.63, 3.8) is 0 Å². The number of fused-ring (bicyclic) bond motifs is 2. The highest BCUT2D eigenvalue weighted by atomic mass is 35.5. The number of halogens is 1. The number of carbonyl (C=O) groups is 19. The summed E-state index contributed by atoms with van der Waals surface area (Å²) in [4.78, 5) is 276. The molecule has 139 heavy (non-hydrogen) atoms. The van der Waals surface area contributed by atoms with E-state index in [0.717, 1.165) is 35.5 Å². The predicted octanol–water partition coefficient (Wildman–Crippen LogP) is -1.91. The van der Waals surface area contributed by atoms with E-state index in [4.69, 9.17) is 34.5 Å². The van der Waals surface area contributed by atoms with Gasteiger partial charge in [-0.1, -0.05) is 72.6 Å². The van der Waals surface area contributed by atoms with Crippen LogP contribution < -0.4 is 81.4 Å². The Morgan fingerprint density at radius 1 is 0.511 bits per heavy atom. The summed E-state index contributed by atoms with van der Waals surface area (Å²) in [5, 5.41) is 72.7. The number of carboxylic acid groups (broad SMARTS) is 2. The summed E-state index contributed by atoms with van der Waals surface area (Å²) in [6.45, 7) is 1.59. The topological polar surface area (TPSA) is 664 Å². The van der Waals surface area contributed by atoms with E-state index in [9.17, 15) is 68.4 Å². The van der Waals surface area contributed by atoms with Gasteiger partial charge in [0.05, 0.1) is 35.4 Å². The zero-order valence-corrected chi connectivity index (χ0v) is 79.5. The van der Waals surface area contributed by atoms with E-state index in [1.165, 1.54) is 60.5 Å². The fourth-order valence-corrected chi connectivity index (χ4v) is 17.9. The summed E-state index contributed by atoms with van der Waals surface area (Å²) in [6.07, 6.45) is -3.42. The van der Waals surface area contributed by atoms with E-state index >= 15 is 43.2 Å². The number of phenolic OH excluding ortho intramolecular Hbond substituents is 1. The maximum Gasteiger partial charge on any atom is 0.317 e. The van der Waals surface area contributed by atoms with Crippen LogP contribution in [0, 0.1) is 5.92 Å². The minimum Gasteiger partial charge on any atom is -0.508 e. The first-order chi connectivity index (χ1) is 66.0. The number of unbranched alkanes of at least 4 members (excludes halogenated alkanes) is 1. The number of aromatic hydroxyl groups is 1. The molecule has 2 aliphatic heterocycles. The molecule has 12 atom stereocenters. The van der Waals surface area contributed by atoms with E-state index in [1.54, 1.807) is 83.0 Å². The van der Waals surface area contributed by atoms with Crippen molar-refractivity contribution in [3.8, 4) is 5.75 Å². The Morgan fingerprint density at radius 3 is 1.69 bits per heavy atom. The molecule has 6 aromatic rings. The molecular weight excluding hydrogens is 1850 g/mol. The number of para-hydroxylation sites is 2. The number of aliphatic hydroxyl groups excluding tert-OH is 1. The van der Waals surface area contributed by atoms with Gasteiger partial charge in [0, 0.05) is 152 Å². The Balaban J connectivity index is 1.14. The standard InChI is InChI=1S/C93H124ClN21O23S/c1-51(116)78-89(134)103-62(26-14-29-72(95)118)82(127)99-34-39-139-50-75(121)101-68(42-52-16-10-20-55(40-52)81(98)126)92(137)113(5)71(43-53-17-11-21-58(117)41-53)88(133)107-67(46-74(97)120)86(131)109-79(54-18-12-19-54)90(135)104-64(27-15-30-73(96)119)91(136)112(4)70(31-32-76(122)123)87(132)106-65(45-57-48-111(3)80-60(57)23-13-24-61(80)94)84(129)102-63(25-8-9-33-100-93(138)115-37-35-114(36-38-115)49-77(124)125)83(128)105-66(85(130)108-78)44-56-47-110(2)69-28-7-6-22-59(56)69/h6-7,10-11,13,16-17,20-24,28,40-41,47-48,51,54,62-68,70-71,78-79,116-117H,8-9,12,14-15,18-19,25-27,29-39,42-46,49-50H2,1-5H3,(H2,95,118)(H2,96,119)(H2,97,120)(H2,98,126)(H,99,127)(H,100,138)(H,101,121)(H,102,129)(H,103,134)(H,104,135)(H,105,128)(H,106,132)(H,107,133)(H,108,130)(H,109,131)(H,122,123)(H,124,125)/t51-,62+,63+,64+,65+,66+,67+,68-,70+,71+,78+,79+/m1/s1. The van der Waals surface area contributed by atoms with Gasteiger partial charge in [0.15, 0.2) is 0 Å². The lowest BCUT2D eigenvalue weighted by atomic mass is 9.79. The van der Waals surface area contributed by atoms with Crippen molar-refractivity contribution in [2.45, 2.75) is 201 Å². The van der Waals surface area contributed by atoms with Gasteiger partial charge >= 0.3 is 18.0 Å². The number of rotatable bonds is 31. The van der Waals surface area contributed by atoms with E-state index in [0.29, 0.717) is 39.4 Å². The number of hydrogen-bond acceptors (Lipinski definition) is 23. The number of aliphatic carboxylic acids is 2. The number of nitrogens with one attached hydrogen (secondary N) is 11. The molecule has 1 aliphatic carbocycles. The summed E-state index contributed by atoms with van der Waals surface area (Å²) < 4.78 is 3.39. The fraction of sp³-hybridized carbons (Fsp3) is 0.495. The monoisotopic (exact) mass is 1970 g/mol. The minimum atomic E-state index is -1.96. The van der Waals surface area contributed by atoms with Gasteiger partial charge in [-0.2, -0.15) is 11.8 Å². The van der Waals surface area contributed by atoms with Crippen LogP contribution in [0.4, 0.5) is 4.79 Å². The number of aryl methyl sites for hydroxylation is 2. The molecule has 3 fully saturated rings. The summed E-state index contributed by atoms with van der Waals surface area (Å²) >= 11 is 7.74. The van der Waals surface area contributed by atoms with Crippen LogP contribution in [0.15, 0.2) is 103 Å². The molecule has 18 amide bonds. The predicted molar refractivity (Wildman–Crippen MR) is 508 cm³/mol. The lowest BCUT2D eigenvalue weighted by Crippen LogP contribution is -2.62. The number of hydrogen-bond donors (Lipinski definition) is 19. The number of carbonyl (C=O) groups excluding carboxylic acids is 17. The number of primary amides is 4. The maximum absolute atomic E-state index is 15.9. The van der Waals surface area contributed by atoms with Gasteiger partial charge in [-0.25, -0.2) is 4.79 Å². The Bertz CT molecular complexity index is 5510. The molecule has 752 valence electrons. The molecule has 9 rings (SSSR count). The molecule has 4 heterocycles. The van der Waals surface area contributed by atoms with E-state index in [-0.39, 0.29) is 156 Å². The molecular formula is C93H124ClN21O23S. The normalized spacial score (nSPS) is 22.4. The van der Waals surface area contributed by atoms with Crippen LogP contribution >= 0.6 is 23.4 Å². The summed E-state index contributed by atoms with van der Waals surface area (Å²) in [7, 11) is 5.66. The molecule has 2 aromatic heterocycles. The van der Waals surface area contributed by atoms with Crippen LogP contribution in [-0.2, 0) is 121 Å². The first kappa shape index (κ1) is 109. The number of carboxylic acids is 2. The number of nitrogens with two attached hydrogens (primary N) is 4. The molecule has 4 aromatic carbocycles. The van der Waals surface area contributed by atoms with E-state index in [2.05, 4.69) is 58.5 Å². The van der Waals surface area contributed by atoms with Crippen LogP contribution in [0.2, 0.25) is 5.02 Å². The molecule has 3 aliphatic rings. The second-order valence-corrected chi connectivity index (χ2v) is 36.6. The van der Waals surface area contributed by atoms with Gasteiger partial charge in [0.25, 0.3) is 0 Å². The lowest BCUT2D eigenvalue weighted by molar-refractivity contribution is -0.145. The van der Waals surface area contributed by atoms with Crippen LogP contribution in [0.1, 0.15) is 136 Å². The molecule has 0 bridgehead atoms. The molecule has 0 spiro atoms. The van der Waals surface area contributed by atoms with Crippen molar-refractivity contribution in [1.29, 1.82) is 0 Å². The number of aromatic nitrogens is 2. The quantitative estimate of drug-likeness (QED) is 0.0211. The molecule has 46 heteroatoms. The number of aliphatic hydroxyl groups is 1. The molecule has 2 saturated heterocycles. The smallest absolute Gasteiger partial charge is 0.317 e. The Hall–Kier alpha value is -14.0. The van der Waals surface area contributed by atoms with Crippen molar-refractivity contribution in [2.75, 3.05) is 71.4 Å². The van der Waals surface area contributed by atoms with E-state index < -0.39 is 235 Å². The Labute approximate surface area is 810 Å². The first-order valence-corrected chi connectivity index (χ1v) is 47.3. The third-order valence-corrected chi connectivity index (χ3v) is 25.9. The number of benzene rings is 4. The zero-order valence-electron chi connectivity index (χ0n) is 77.9. The van der Waals surface area contributed by atoms with Crippen LogP contribution in [0.25, 0.3) is 21.8 Å². The summed E-state index contributed by atoms with van der Waals surface area (Å²) in [6, 6.07) is 3.36. The maximum atomic E-state index is 15.9. The second-order valence-electron chi connectivity index (χ2n) is 35.1. The van der Waals surface area contributed by atoms with Crippen molar-refractivity contribution in [1.82, 2.24) is 87.2 Å². The van der Waals surface area contributed by atoms with Gasteiger partial charge in [0.2, 0.25) is 94.5 Å². The lowest BCUT2D eigenvalue weighted by Gasteiger charge is -2.36. The van der Waals surface area contributed by atoms with Crippen molar-refractivity contribution < 1.29 is 112 Å². The molecule has 44 nitrogen and oxygen atoms in total. The van der Waals surface area contributed by atoms with Crippen LogP contribution in [-0.4, -0.2) is 306 Å². The molecule has 23 N–H and O–H groups in total. The highest BCUT2D eigenvalue weighted by Gasteiger charge is 2.43. The molecule has 0 unspecified atom stereocenters. The number of nitrogens with zero attached hydrogens (tertiary/aromatic N) is 6. The zero-order chi connectivity index (χ0) is 102. The van der Waals surface area contributed by atoms with Gasteiger partial charge in [0.1, 0.15) is 72.2 Å². The molecule has 0 radical (unpaired) electrons. The Kier molecular flexibility index (Phi) is 40.7. The van der Waals surface area contributed by atoms with Crippen molar-refractivity contribution >= 4 is 158 Å². The number of thioether (sulfide) groups is 1. The second kappa shape index (κ2) is 52.0. The average molecular weight is 1970 g/mol. The van der Waals surface area contributed by atoms with Crippen molar-refractivity contribution in [2.24, 2.45) is 42.9 Å². The highest BCUT2D eigenvalue weighted by Crippen LogP contribution is 2.32. The van der Waals surface area contributed by atoms with E-state index in [1.807, 2.05) is 0 Å². The number of piperazine rings is 1. The van der Waals surface area contributed by atoms with Gasteiger partial charge < -0.3 is 126 Å². The largest absolute Gasteiger partial charge is 0.508 e. The number of likely N-dealkylation sites (N-methyl/N-ethyl adjacent to an activating group) is 2. The number of amides is 18. The SMILES string of the molecule is C[C@@H](O)[C@@H]1NC(=O)[C@H](Cc2cn(C)c3ccccc23)NC(=O)[C@H](CCCCNC(=O)N2CCN(CC(=O)O)CC2)NC(=O)[C@H](Cc2cn(C)c3c(Cl)cccc23)NC(=O)[C@H](CCC(=O)O)N(C)C(=O)[C@H](CCCC(N)=O)NC(=O)[C@H](C2CCC2)NC(=O)[C@H](CC(N)=O)NC(=O)[C@H](Cc2cccc(O)c2)N(C)C(=O)[C@@H](Cc2cccc(C(N)=O)c2)NC(=O)CSCCNC(=O)[C@H](CCCC(N)=O)NC1=O. The third-order valence-electron chi connectivity index (χ3n) is 24.6.